The van der Waals surface area contributed by atoms with E-state index in [1.54, 1.807) is 12.3 Å². The fourth-order valence-electron chi connectivity index (χ4n) is 3.58. The van der Waals surface area contributed by atoms with Crippen molar-refractivity contribution in [1.29, 1.82) is 0 Å². The molecule has 4 rings (SSSR count). The maximum absolute atomic E-state index is 12.2. The van der Waals surface area contributed by atoms with E-state index in [1.807, 2.05) is 24.4 Å². The van der Waals surface area contributed by atoms with Crippen LogP contribution in [0.2, 0.25) is 0 Å². The van der Waals surface area contributed by atoms with Crippen LogP contribution in [0.1, 0.15) is 29.2 Å². The SMILES string of the molecule is CN(Cc1cccnc1)Cc1cccc(-c2nc(C3CCOC3)cc(=O)[nH]2)c1. The molecule has 6 nitrogen and oxygen atoms in total. The van der Waals surface area contributed by atoms with Crippen LogP contribution in [-0.2, 0) is 17.8 Å². The zero-order valence-electron chi connectivity index (χ0n) is 16.0. The monoisotopic (exact) mass is 376 g/mol. The molecule has 1 aliphatic heterocycles. The van der Waals surface area contributed by atoms with Crippen LogP contribution < -0.4 is 5.56 Å². The van der Waals surface area contributed by atoms with Crippen LogP contribution in [0.3, 0.4) is 0 Å². The topological polar surface area (TPSA) is 71.1 Å². The number of benzene rings is 1. The van der Waals surface area contributed by atoms with E-state index < -0.39 is 0 Å². The number of aromatic amines is 1. The van der Waals surface area contributed by atoms with Crippen LogP contribution >= 0.6 is 0 Å². The van der Waals surface area contributed by atoms with Crippen molar-refractivity contribution in [3.63, 3.8) is 0 Å². The van der Waals surface area contributed by atoms with Crippen LogP contribution in [0.4, 0.5) is 0 Å². The molecule has 3 aromatic rings. The van der Waals surface area contributed by atoms with Crippen LogP contribution in [0, 0.1) is 0 Å². The fourth-order valence-corrected chi connectivity index (χ4v) is 3.58. The molecule has 0 amide bonds. The Morgan fingerprint density at radius 3 is 2.82 bits per heavy atom. The van der Waals surface area contributed by atoms with Gasteiger partial charge in [-0.3, -0.25) is 14.7 Å². The Morgan fingerprint density at radius 1 is 1.18 bits per heavy atom. The van der Waals surface area contributed by atoms with E-state index in [0.717, 1.165) is 37.4 Å². The molecule has 1 atom stereocenters. The van der Waals surface area contributed by atoms with Crippen LogP contribution in [0.5, 0.6) is 0 Å². The van der Waals surface area contributed by atoms with E-state index in [0.29, 0.717) is 12.4 Å². The highest BCUT2D eigenvalue weighted by Gasteiger charge is 2.20. The molecule has 1 fully saturated rings. The van der Waals surface area contributed by atoms with Gasteiger partial charge in [0.05, 0.1) is 12.3 Å². The van der Waals surface area contributed by atoms with Gasteiger partial charge < -0.3 is 9.72 Å². The first-order valence-electron chi connectivity index (χ1n) is 9.53. The molecular weight excluding hydrogens is 352 g/mol. The fraction of sp³-hybridized carbons (Fsp3) is 0.318. The highest BCUT2D eigenvalue weighted by molar-refractivity contribution is 5.56. The molecule has 1 N–H and O–H groups in total. The van der Waals surface area contributed by atoms with E-state index >= 15 is 0 Å². The summed E-state index contributed by atoms with van der Waals surface area (Å²) in [6.45, 7) is 2.98. The van der Waals surface area contributed by atoms with Crippen molar-refractivity contribution >= 4 is 0 Å². The number of ether oxygens (including phenoxy) is 1. The normalized spacial score (nSPS) is 16.6. The highest BCUT2D eigenvalue weighted by Crippen LogP contribution is 2.24. The number of nitrogens with one attached hydrogen (secondary N) is 1. The number of hydrogen-bond acceptors (Lipinski definition) is 5. The lowest BCUT2D eigenvalue weighted by Crippen LogP contribution is -2.17. The summed E-state index contributed by atoms with van der Waals surface area (Å²) in [5, 5.41) is 0. The molecule has 0 aliphatic carbocycles. The van der Waals surface area contributed by atoms with Gasteiger partial charge in [0.2, 0.25) is 0 Å². The molecule has 144 valence electrons. The largest absolute Gasteiger partial charge is 0.381 e. The quantitative estimate of drug-likeness (QED) is 0.716. The molecule has 2 aromatic heterocycles. The van der Waals surface area contributed by atoms with Crippen molar-refractivity contribution in [2.75, 3.05) is 20.3 Å². The zero-order valence-corrected chi connectivity index (χ0v) is 16.0. The molecule has 28 heavy (non-hydrogen) atoms. The number of pyridine rings is 1. The molecule has 6 heteroatoms. The maximum Gasteiger partial charge on any atom is 0.251 e. The Labute approximate surface area is 164 Å². The van der Waals surface area contributed by atoms with E-state index in [9.17, 15) is 4.79 Å². The predicted octanol–water partition coefficient (Wildman–Crippen LogP) is 2.97. The van der Waals surface area contributed by atoms with E-state index in [1.165, 1.54) is 11.1 Å². The summed E-state index contributed by atoms with van der Waals surface area (Å²) in [6, 6.07) is 13.8. The van der Waals surface area contributed by atoms with Gasteiger partial charge >= 0.3 is 0 Å². The van der Waals surface area contributed by atoms with Crippen LogP contribution in [-0.4, -0.2) is 40.1 Å². The summed E-state index contributed by atoms with van der Waals surface area (Å²) in [7, 11) is 2.08. The average Bonchev–Trinajstić information content (AvgIpc) is 3.23. The molecule has 0 radical (unpaired) electrons. The molecule has 1 unspecified atom stereocenters. The first-order valence-corrected chi connectivity index (χ1v) is 9.53. The summed E-state index contributed by atoms with van der Waals surface area (Å²) in [5.41, 5.74) is 3.96. The molecule has 1 aliphatic rings. The second kappa shape index (κ2) is 8.46. The second-order valence-electron chi connectivity index (χ2n) is 7.31. The molecule has 0 spiro atoms. The summed E-state index contributed by atoms with van der Waals surface area (Å²) < 4.78 is 5.45. The van der Waals surface area contributed by atoms with Gasteiger partial charge in [0.15, 0.2) is 0 Å². The van der Waals surface area contributed by atoms with E-state index in [4.69, 9.17) is 9.72 Å². The summed E-state index contributed by atoms with van der Waals surface area (Å²) in [4.78, 5) is 26.2. The molecule has 1 aromatic carbocycles. The van der Waals surface area contributed by atoms with Gasteiger partial charge in [-0.25, -0.2) is 4.98 Å². The lowest BCUT2D eigenvalue weighted by atomic mass is 10.0. The van der Waals surface area contributed by atoms with Crippen molar-refractivity contribution in [2.45, 2.75) is 25.4 Å². The van der Waals surface area contributed by atoms with Crippen molar-refractivity contribution in [3.05, 3.63) is 82.0 Å². The lowest BCUT2D eigenvalue weighted by molar-refractivity contribution is 0.193. The maximum atomic E-state index is 12.2. The van der Waals surface area contributed by atoms with Gasteiger partial charge in [-0.2, -0.15) is 0 Å². The molecular formula is C22H24N4O2. The van der Waals surface area contributed by atoms with Gasteiger partial charge in [0.1, 0.15) is 5.82 Å². The van der Waals surface area contributed by atoms with E-state index in [-0.39, 0.29) is 11.5 Å². The van der Waals surface area contributed by atoms with Gasteiger partial charge in [0, 0.05) is 49.6 Å². The summed E-state index contributed by atoms with van der Waals surface area (Å²) >= 11 is 0. The average molecular weight is 376 g/mol. The van der Waals surface area contributed by atoms with Crippen LogP contribution in [0.15, 0.2) is 59.7 Å². The summed E-state index contributed by atoms with van der Waals surface area (Å²) in [5.74, 6) is 0.820. The van der Waals surface area contributed by atoms with Gasteiger partial charge in [-0.05, 0) is 36.7 Å². The van der Waals surface area contributed by atoms with Crippen molar-refractivity contribution in [3.8, 4) is 11.4 Å². The third-order valence-corrected chi connectivity index (χ3v) is 4.94. The van der Waals surface area contributed by atoms with Gasteiger partial charge in [0.25, 0.3) is 5.56 Å². The minimum Gasteiger partial charge on any atom is -0.381 e. The minimum atomic E-state index is -0.119. The predicted molar refractivity (Wildman–Crippen MR) is 108 cm³/mol. The van der Waals surface area contributed by atoms with Gasteiger partial charge in [-0.15, -0.1) is 0 Å². The Kier molecular flexibility index (Phi) is 5.60. The molecule has 1 saturated heterocycles. The number of nitrogens with zero attached hydrogens (tertiary/aromatic N) is 3. The molecule has 0 bridgehead atoms. The number of rotatable bonds is 6. The summed E-state index contributed by atoms with van der Waals surface area (Å²) in [6.07, 6.45) is 4.58. The third-order valence-electron chi connectivity index (χ3n) is 4.94. The number of hydrogen-bond donors (Lipinski definition) is 1. The van der Waals surface area contributed by atoms with Gasteiger partial charge in [-0.1, -0.05) is 24.3 Å². The van der Waals surface area contributed by atoms with Crippen LogP contribution in [0.25, 0.3) is 11.4 Å². The first-order chi connectivity index (χ1) is 13.7. The second-order valence-corrected chi connectivity index (χ2v) is 7.31. The Balaban J connectivity index is 1.53. The Morgan fingerprint density at radius 2 is 2.04 bits per heavy atom. The lowest BCUT2D eigenvalue weighted by Gasteiger charge is -2.17. The number of aromatic nitrogens is 3. The Bertz CT molecular complexity index is 981. The minimum absolute atomic E-state index is 0.119. The third kappa shape index (κ3) is 4.52. The van der Waals surface area contributed by atoms with Crippen molar-refractivity contribution < 1.29 is 4.74 Å². The van der Waals surface area contributed by atoms with E-state index in [2.05, 4.69) is 40.1 Å². The smallest absolute Gasteiger partial charge is 0.251 e. The molecule has 0 saturated carbocycles. The first kappa shape index (κ1) is 18.5. The molecule has 3 heterocycles. The zero-order chi connectivity index (χ0) is 19.3. The standard InChI is InChI=1S/C22H24N4O2/c1-26(14-17-5-3-8-23-12-17)13-16-4-2-6-18(10-16)22-24-20(11-21(27)25-22)19-7-9-28-15-19/h2-6,8,10-12,19H,7,9,13-15H2,1H3,(H,24,25,27). The highest BCUT2D eigenvalue weighted by atomic mass is 16.5. The van der Waals surface area contributed by atoms with Crippen molar-refractivity contribution in [1.82, 2.24) is 19.9 Å². The van der Waals surface area contributed by atoms with Crippen molar-refractivity contribution in [2.24, 2.45) is 0 Å². The number of H-pyrrole nitrogens is 1. The Hall–Kier alpha value is -2.83.